The maximum Gasteiger partial charge on any atom is 0.335 e. The van der Waals surface area contributed by atoms with Gasteiger partial charge in [-0.05, 0) is 48.9 Å². The predicted octanol–water partition coefficient (Wildman–Crippen LogP) is 4.40. The van der Waals surface area contributed by atoms with E-state index in [4.69, 9.17) is 10.2 Å². The molecule has 0 radical (unpaired) electrons. The molecule has 0 fully saturated rings. The second-order valence-corrected chi connectivity index (χ2v) is 5.76. The Hall–Kier alpha value is -2.10. The third kappa shape index (κ3) is 6.12. The number of benzene rings is 1. The van der Waals surface area contributed by atoms with Crippen LogP contribution < -0.4 is 0 Å². The summed E-state index contributed by atoms with van der Waals surface area (Å²) in [6.07, 6.45) is 8.14. The number of rotatable bonds is 10. The summed E-state index contributed by atoms with van der Waals surface area (Å²) in [7, 11) is 0. The van der Waals surface area contributed by atoms with Crippen LogP contribution in [0.1, 0.15) is 65.3 Å². The van der Waals surface area contributed by atoms with Gasteiger partial charge in [0.1, 0.15) is 0 Å². The zero-order chi connectivity index (χ0) is 16.5. The van der Waals surface area contributed by atoms with Crippen molar-refractivity contribution in [3.8, 4) is 0 Å². The summed E-state index contributed by atoms with van der Waals surface area (Å²) >= 11 is 0. The van der Waals surface area contributed by atoms with Gasteiger partial charge in [-0.15, -0.1) is 6.58 Å². The van der Waals surface area contributed by atoms with E-state index >= 15 is 0 Å². The normalized spacial score (nSPS) is 11.9. The Morgan fingerprint density at radius 3 is 2.18 bits per heavy atom. The fourth-order valence-electron chi connectivity index (χ4n) is 2.52. The molecule has 1 aromatic rings. The van der Waals surface area contributed by atoms with Crippen molar-refractivity contribution in [3.63, 3.8) is 0 Å². The number of hydrogen-bond donors (Lipinski definition) is 2. The molecule has 0 saturated heterocycles. The van der Waals surface area contributed by atoms with Crippen molar-refractivity contribution in [1.82, 2.24) is 0 Å². The van der Waals surface area contributed by atoms with Crippen LogP contribution in [-0.4, -0.2) is 22.2 Å². The van der Waals surface area contributed by atoms with Crippen molar-refractivity contribution in [2.24, 2.45) is 5.92 Å². The highest BCUT2D eigenvalue weighted by molar-refractivity contribution is 5.94. The summed E-state index contributed by atoms with van der Waals surface area (Å²) in [6, 6.07) is 4.35. The first kappa shape index (κ1) is 18.0. The molecule has 0 amide bonds. The Balaban J connectivity index is 2.65. The van der Waals surface area contributed by atoms with Gasteiger partial charge in [-0.25, -0.2) is 9.59 Å². The van der Waals surface area contributed by atoms with Crippen molar-refractivity contribution in [1.29, 1.82) is 0 Å². The molecular formula is C18H24O4. The number of unbranched alkanes of at least 4 members (excludes halogenated alkanes) is 3. The second kappa shape index (κ2) is 9.03. The van der Waals surface area contributed by atoms with Gasteiger partial charge in [0.2, 0.25) is 0 Å². The molecule has 22 heavy (non-hydrogen) atoms. The van der Waals surface area contributed by atoms with Crippen LogP contribution in [0.2, 0.25) is 0 Å². The molecule has 1 atom stereocenters. The maximum absolute atomic E-state index is 11.1. The molecule has 120 valence electrons. The van der Waals surface area contributed by atoms with E-state index in [-0.39, 0.29) is 11.1 Å². The van der Waals surface area contributed by atoms with Gasteiger partial charge in [-0.1, -0.05) is 32.3 Å². The van der Waals surface area contributed by atoms with E-state index in [0.29, 0.717) is 12.3 Å². The van der Waals surface area contributed by atoms with Crippen molar-refractivity contribution in [2.75, 3.05) is 0 Å². The van der Waals surface area contributed by atoms with Crippen LogP contribution in [0.3, 0.4) is 0 Å². The van der Waals surface area contributed by atoms with Crippen molar-refractivity contribution in [2.45, 2.75) is 45.4 Å². The van der Waals surface area contributed by atoms with E-state index in [1.165, 1.54) is 6.07 Å². The lowest BCUT2D eigenvalue weighted by atomic mass is 9.93. The number of carboxylic acids is 2. The van der Waals surface area contributed by atoms with Gasteiger partial charge < -0.3 is 10.2 Å². The summed E-state index contributed by atoms with van der Waals surface area (Å²) in [6.45, 7) is 5.81. The zero-order valence-corrected chi connectivity index (χ0v) is 13.0. The van der Waals surface area contributed by atoms with E-state index in [0.717, 1.165) is 37.7 Å². The first-order chi connectivity index (χ1) is 10.4. The molecular weight excluding hydrogens is 280 g/mol. The SMILES string of the molecule is C=CCCCCCC(C)Cc1cc(C(=O)O)cc(C(=O)O)c1. The summed E-state index contributed by atoms with van der Waals surface area (Å²) in [5.41, 5.74) is 0.844. The quantitative estimate of drug-likeness (QED) is 0.496. The average molecular weight is 304 g/mol. The van der Waals surface area contributed by atoms with E-state index in [1.54, 1.807) is 12.1 Å². The topological polar surface area (TPSA) is 74.6 Å². The Labute approximate surface area is 131 Å². The molecule has 1 aromatic carbocycles. The Morgan fingerprint density at radius 1 is 1.09 bits per heavy atom. The molecule has 0 saturated carbocycles. The monoisotopic (exact) mass is 304 g/mol. The smallest absolute Gasteiger partial charge is 0.335 e. The Kier molecular flexibility index (Phi) is 7.37. The molecule has 1 unspecified atom stereocenters. The lowest BCUT2D eigenvalue weighted by Crippen LogP contribution is -2.07. The van der Waals surface area contributed by atoms with Gasteiger partial charge in [0.25, 0.3) is 0 Å². The lowest BCUT2D eigenvalue weighted by molar-refractivity contribution is 0.0696. The average Bonchev–Trinajstić information content (AvgIpc) is 2.46. The van der Waals surface area contributed by atoms with Gasteiger partial charge in [0.15, 0.2) is 0 Å². The second-order valence-electron chi connectivity index (χ2n) is 5.76. The number of carbonyl (C=O) groups is 2. The van der Waals surface area contributed by atoms with Crippen LogP contribution in [0.25, 0.3) is 0 Å². The van der Waals surface area contributed by atoms with Crippen LogP contribution in [0, 0.1) is 5.92 Å². The standard InChI is InChI=1S/C18H24O4/c1-3-4-5-6-7-8-13(2)9-14-10-15(17(19)20)12-16(11-14)18(21)22/h3,10-13H,1,4-9H2,2H3,(H,19,20)(H,21,22). The highest BCUT2D eigenvalue weighted by Gasteiger charge is 2.13. The number of allylic oxidation sites excluding steroid dienone is 1. The molecule has 0 spiro atoms. The molecule has 1 rings (SSSR count). The van der Waals surface area contributed by atoms with Crippen LogP contribution in [0.4, 0.5) is 0 Å². The molecule has 4 heteroatoms. The summed E-state index contributed by atoms with van der Waals surface area (Å²) in [5.74, 6) is -1.79. The number of aromatic carboxylic acids is 2. The van der Waals surface area contributed by atoms with Crippen molar-refractivity contribution < 1.29 is 19.8 Å². The van der Waals surface area contributed by atoms with Crippen LogP contribution in [-0.2, 0) is 6.42 Å². The number of carboxylic acid groups (broad SMARTS) is 2. The van der Waals surface area contributed by atoms with Gasteiger partial charge in [0, 0.05) is 0 Å². The molecule has 0 aliphatic heterocycles. The molecule has 4 nitrogen and oxygen atoms in total. The first-order valence-corrected chi connectivity index (χ1v) is 7.65. The van der Waals surface area contributed by atoms with E-state index in [2.05, 4.69) is 13.5 Å². The molecule has 0 heterocycles. The molecule has 0 aliphatic rings. The summed E-state index contributed by atoms with van der Waals surface area (Å²) in [4.78, 5) is 22.2. The zero-order valence-electron chi connectivity index (χ0n) is 13.0. The molecule has 2 N–H and O–H groups in total. The van der Waals surface area contributed by atoms with Crippen LogP contribution >= 0.6 is 0 Å². The Morgan fingerprint density at radius 2 is 1.68 bits per heavy atom. The predicted molar refractivity (Wildman–Crippen MR) is 86.5 cm³/mol. The van der Waals surface area contributed by atoms with Crippen LogP contribution in [0.15, 0.2) is 30.9 Å². The first-order valence-electron chi connectivity index (χ1n) is 7.65. The van der Waals surface area contributed by atoms with E-state index in [9.17, 15) is 9.59 Å². The third-order valence-electron chi connectivity index (χ3n) is 3.68. The minimum atomic E-state index is -1.10. The molecule has 0 bridgehead atoms. The van der Waals surface area contributed by atoms with Gasteiger partial charge >= 0.3 is 11.9 Å². The largest absolute Gasteiger partial charge is 0.478 e. The summed E-state index contributed by atoms with van der Waals surface area (Å²) < 4.78 is 0. The fourth-order valence-corrected chi connectivity index (χ4v) is 2.52. The van der Waals surface area contributed by atoms with E-state index < -0.39 is 11.9 Å². The Bertz CT molecular complexity index is 502. The number of hydrogen-bond acceptors (Lipinski definition) is 2. The van der Waals surface area contributed by atoms with Gasteiger partial charge in [0.05, 0.1) is 11.1 Å². The van der Waals surface area contributed by atoms with Crippen molar-refractivity contribution >= 4 is 11.9 Å². The highest BCUT2D eigenvalue weighted by atomic mass is 16.4. The van der Waals surface area contributed by atoms with Crippen molar-refractivity contribution in [3.05, 3.63) is 47.5 Å². The van der Waals surface area contributed by atoms with Gasteiger partial charge in [-0.2, -0.15) is 0 Å². The molecule has 0 aliphatic carbocycles. The lowest BCUT2D eigenvalue weighted by Gasteiger charge is -2.12. The van der Waals surface area contributed by atoms with E-state index in [1.807, 2.05) is 6.08 Å². The third-order valence-corrected chi connectivity index (χ3v) is 3.68. The van der Waals surface area contributed by atoms with Crippen LogP contribution in [0.5, 0.6) is 0 Å². The highest BCUT2D eigenvalue weighted by Crippen LogP contribution is 2.19. The molecule has 0 aromatic heterocycles. The fraction of sp³-hybridized carbons (Fsp3) is 0.444. The van der Waals surface area contributed by atoms with Gasteiger partial charge in [-0.3, -0.25) is 0 Å². The minimum Gasteiger partial charge on any atom is -0.478 e. The maximum atomic E-state index is 11.1. The minimum absolute atomic E-state index is 0.0353. The summed E-state index contributed by atoms with van der Waals surface area (Å²) in [5, 5.41) is 18.1.